The van der Waals surface area contributed by atoms with Crippen LogP contribution in [0.3, 0.4) is 0 Å². The second-order valence-electron chi connectivity index (χ2n) is 10.6. The average Bonchev–Trinajstić information content (AvgIpc) is 2.93. The molecule has 9 heteroatoms. The number of phenolic OH excluding ortho intramolecular Hbond substituents is 1. The first-order chi connectivity index (χ1) is 19.5. The van der Waals surface area contributed by atoms with Crippen LogP contribution in [0.15, 0.2) is 78.9 Å². The van der Waals surface area contributed by atoms with Gasteiger partial charge in [0.05, 0.1) is 7.11 Å². The lowest BCUT2D eigenvalue weighted by Gasteiger charge is -2.34. The molecule has 3 N–H and O–H groups in total. The molecule has 0 aliphatic rings. The Morgan fingerprint density at radius 3 is 2.12 bits per heavy atom. The fourth-order valence-electron chi connectivity index (χ4n) is 4.32. The fourth-order valence-corrected chi connectivity index (χ4v) is 4.32. The lowest BCUT2D eigenvalue weighted by molar-refractivity contribution is -0.140. The van der Waals surface area contributed by atoms with Gasteiger partial charge in [0, 0.05) is 18.7 Å². The predicted octanol–water partition coefficient (Wildman–Crippen LogP) is 5.46. The molecule has 41 heavy (non-hydrogen) atoms. The molecule has 0 saturated heterocycles. The standard InChI is InChI=1S/C32H39N3O6/c1-6-20-35(28(23-10-8-7-9-11-23)29(37)33-24-14-18-26(40-5)19-15-24)30(38)27(34-31(39)41-32(2,3)4)21-22-12-16-25(36)17-13-22/h7-19,27-28,36H,6,20-21H2,1-5H3,(H,33,37)(H,34,39). The third kappa shape index (κ3) is 9.27. The van der Waals surface area contributed by atoms with E-state index in [9.17, 15) is 19.5 Å². The van der Waals surface area contributed by atoms with Crippen molar-refractivity contribution in [2.45, 2.75) is 58.2 Å². The molecule has 0 aromatic heterocycles. The van der Waals surface area contributed by atoms with Crippen molar-refractivity contribution in [3.8, 4) is 11.5 Å². The maximum Gasteiger partial charge on any atom is 0.408 e. The van der Waals surface area contributed by atoms with Crippen LogP contribution in [0.4, 0.5) is 10.5 Å². The summed E-state index contributed by atoms with van der Waals surface area (Å²) in [6.45, 7) is 7.39. The molecular formula is C32H39N3O6. The molecule has 0 spiro atoms. The van der Waals surface area contributed by atoms with E-state index in [4.69, 9.17) is 9.47 Å². The Bertz CT molecular complexity index is 1290. The Balaban J connectivity index is 1.99. The van der Waals surface area contributed by atoms with Gasteiger partial charge in [-0.15, -0.1) is 0 Å². The summed E-state index contributed by atoms with van der Waals surface area (Å²) in [7, 11) is 1.56. The van der Waals surface area contributed by atoms with Gasteiger partial charge in [0.15, 0.2) is 0 Å². The molecule has 0 bridgehead atoms. The van der Waals surface area contributed by atoms with Crippen molar-refractivity contribution in [3.63, 3.8) is 0 Å². The number of rotatable bonds is 11. The van der Waals surface area contributed by atoms with Gasteiger partial charge in [-0.25, -0.2) is 4.79 Å². The van der Waals surface area contributed by atoms with E-state index in [-0.39, 0.29) is 18.7 Å². The van der Waals surface area contributed by atoms with Crippen molar-refractivity contribution in [2.24, 2.45) is 0 Å². The highest BCUT2D eigenvalue weighted by Crippen LogP contribution is 2.26. The molecule has 3 amide bonds. The number of carbonyl (C=O) groups is 3. The van der Waals surface area contributed by atoms with E-state index in [0.717, 1.165) is 0 Å². The molecule has 0 aliphatic heterocycles. The van der Waals surface area contributed by atoms with Gasteiger partial charge in [-0.3, -0.25) is 9.59 Å². The van der Waals surface area contributed by atoms with Gasteiger partial charge < -0.3 is 30.1 Å². The number of aromatic hydroxyl groups is 1. The first-order valence-corrected chi connectivity index (χ1v) is 13.6. The number of phenols is 1. The number of alkyl carbamates (subject to hydrolysis) is 1. The molecule has 0 fully saturated rings. The maximum atomic E-state index is 14.3. The highest BCUT2D eigenvalue weighted by Gasteiger charge is 2.36. The van der Waals surface area contributed by atoms with E-state index in [2.05, 4.69) is 10.6 Å². The highest BCUT2D eigenvalue weighted by atomic mass is 16.6. The van der Waals surface area contributed by atoms with Crippen molar-refractivity contribution in [2.75, 3.05) is 19.0 Å². The van der Waals surface area contributed by atoms with Crippen molar-refractivity contribution in [1.82, 2.24) is 10.2 Å². The normalized spacial score (nSPS) is 12.5. The van der Waals surface area contributed by atoms with Gasteiger partial charge in [-0.05, 0) is 74.7 Å². The monoisotopic (exact) mass is 561 g/mol. The molecule has 3 aromatic rings. The summed E-state index contributed by atoms with van der Waals surface area (Å²) in [5, 5.41) is 15.4. The maximum absolute atomic E-state index is 14.3. The van der Waals surface area contributed by atoms with E-state index in [1.807, 2.05) is 25.1 Å². The Labute approximate surface area is 241 Å². The minimum absolute atomic E-state index is 0.0867. The molecule has 0 saturated carbocycles. The first kappa shape index (κ1) is 31.0. The number of ether oxygens (including phenoxy) is 2. The van der Waals surface area contributed by atoms with E-state index < -0.39 is 35.6 Å². The summed E-state index contributed by atoms with van der Waals surface area (Å²) < 4.78 is 10.7. The molecule has 9 nitrogen and oxygen atoms in total. The Morgan fingerprint density at radius 2 is 1.56 bits per heavy atom. The van der Waals surface area contributed by atoms with Crippen molar-refractivity contribution in [1.29, 1.82) is 0 Å². The average molecular weight is 562 g/mol. The van der Waals surface area contributed by atoms with Crippen LogP contribution in [-0.4, -0.2) is 53.2 Å². The van der Waals surface area contributed by atoms with Crippen LogP contribution in [0.25, 0.3) is 0 Å². The third-order valence-corrected chi connectivity index (χ3v) is 6.15. The SMILES string of the molecule is CCCN(C(=O)C(Cc1ccc(O)cc1)NC(=O)OC(C)(C)C)C(C(=O)Nc1ccc(OC)cc1)c1ccccc1. The topological polar surface area (TPSA) is 117 Å². The van der Waals surface area contributed by atoms with E-state index in [1.165, 1.54) is 17.0 Å². The molecule has 218 valence electrons. The summed E-state index contributed by atoms with van der Waals surface area (Å²) in [5.41, 5.74) is 1.12. The van der Waals surface area contributed by atoms with Crippen molar-refractivity contribution >= 4 is 23.6 Å². The van der Waals surface area contributed by atoms with E-state index in [1.54, 1.807) is 76.4 Å². The fraction of sp³-hybridized carbons (Fsp3) is 0.344. The number of methoxy groups -OCH3 is 1. The molecule has 0 heterocycles. The molecule has 0 radical (unpaired) electrons. The van der Waals surface area contributed by atoms with Crippen LogP contribution in [0, 0.1) is 0 Å². The quantitative estimate of drug-likeness (QED) is 0.286. The number of nitrogens with zero attached hydrogens (tertiary/aromatic N) is 1. The molecule has 2 unspecified atom stereocenters. The Kier molecular flexibility index (Phi) is 10.7. The number of nitrogens with one attached hydrogen (secondary N) is 2. The molecule has 0 aliphatic carbocycles. The van der Waals surface area contributed by atoms with E-state index in [0.29, 0.717) is 29.0 Å². The lowest BCUT2D eigenvalue weighted by atomic mass is 10.00. The zero-order valence-corrected chi connectivity index (χ0v) is 24.2. The van der Waals surface area contributed by atoms with Gasteiger partial charge in [0.1, 0.15) is 29.2 Å². The largest absolute Gasteiger partial charge is 0.508 e. The Morgan fingerprint density at radius 1 is 0.927 bits per heavy atom. The van der Waals surface area contributed by atoms with Gasteiger partial charge in [-0.1, -0.05) is 49.4 Å². The number of benzene rings is 3. The minimum Gasteiger partial charge on any atom is -0.508 e. The third-order valence-electron chi connectivity index (χ3n) is 6.15. The zero-order valence-electron chi connectivity index (χ0n) is 24.2. The molecule has 2 atom stereocenters. The predicted molar refractivity (Wildman–Crippen MR) is 158 cm³/mol. The van der Waals surface area contributed by atoms with Gasteiger partial charge in [0.2, 0.25) is 5.91 Å². The zero-order chi connectivity index (χ0) is 30.0. The first-order valence-electron chi connectivity index (χ1n) is 13.6. The second-order valence-corrected chi connectivity index (χ2v) is 10.6. The van der Waals surface area contributed by atoms with E-state index >= 15 is 0 Å². The number of amides is 3. The van der Waals surface area contributed by atoms with Gasteiger partial charge >= 0.3 is 6.09 Å². The lowest BCUT2D eigenvalue weighted by Crippen LogP contribution is -2.53. The minimum atomic E-state index is -1.04. The molecular weight excluding hydrogens is 522 g/mol. The van der Waals surface area contributed by atoms with Crippen molar-refractivity contribution < 1.29 is 29.0 Å². The second kappa shape index (κ2) is 14.2. The van der Waals surface area contributed by atoms with Crippen LogP contribution < -0.4 is 15.4 Å². The summed E-state index contributed by atoms with van der Waals surface area (Å²) in [4.78, 5) is 42.4. The smallest absolute Gasteiger partial charge is 0.408 e. The summed E-state index contributed by atoms with van der Waals surface area (Å²) in [5.74, 6) is -0.104. The van der Waals surface area contributed by atoms with Crippen LogP contribution in [0.1, 0.15) is 51.3 Å². The van der Waals surface area contributed by atoms with Crippen LogP contribution in [-0.2, 0) is 20.7 Å². The van der Waals surface area contributed by atoms with Crippen LogP contribution in [0.2, 0.25) is 0 Å². The number of hydrogen-bond acceptors (Lipinski definition) is 6. The van der Waals surface area contributed by atoms with Crippen LogP contribution >= 0.6 is 0 Å². The summed E-state index contributed by atoms with van der Waals surface area (Å²) in [6.07, 6.45) is -0.0475. The van der Waals surface area contributed by atoms with Crippen LogP contribution in [0.5, 0.6) is 11.5 Å². The summed E-state index contributed by atoms with van der Waals surface area (Å²) in [6, 6.07) is 20.4. The number of anilines is 1. The van der Waals surface area contributed by atoms with Gasteiger partial charge in [-0.2, -0.15) is 0 Å². The Hall–Kier alpha value is -4.53. The molecule has 3 aromatic carbocycles. The highest BCUT2D eigenvalue weighted by molar-refractivity contribution is 5.99. The molecule has 3 rings (SSSR count). The number of hydrogen-bond donors (Lipinski definition) is 3. The van der Waals surface area contributed by atoms with Crippen molar-refractivity contribution in [3.05, 3.63) is 90.0 Å². The number of carbonyl (C=O) groups excluding carboxylic acids is 3. The summed E-state index contributed by atoms with van der Waals surface area (Å²) >= 11 is 0. The van der Waals surface area contributed by atoms with Gasteiger partial charge in [0.25, 0.3) is 5.91 Å².